The molecule has 7 nitrogen and oxygen atoms in total. The molecule has 0 aromatic carbocycles. The fourth-order valence-electron chi connectivity index (χ4n) is 0.915. The van der Waals surface area contributed by atoms with E-state index in [0.717, 1.165) is 0 Å². The number of carbonyl (C=O) groups excluding carboxylic acids is 1. The first-order valence-corrected chi connectivity index (χ1v) is 4.15. The predicted molar refractivity (Wildman–Crippen MR) is 47.2 cm³/mol. The molecule has 0 amide bonds. The molecule has 0 aromatic rings. The van der Waals surface area contributed by atoms with Crippen LogP contribution in [0.25, 0.3) is 0 Å². The molecule has 16 heavy (non-hydrogen) atoms. The van der Waals surface area contributed by atoms with Crippen molar-refractivity contribution >= 4 is 17.9 Å². The number of carboxylic acid groups (broad SMARTS) is 2. The Morgan fingerprint density at radius 3 is 2.06 bits per heavy atom. The van der Waals surface area contributed by atoms with Crippen molar-refractivity contribution in [3.05, 3.63) is 0 Å². The zero-order valence-electron chi connectivity index (χ0n) is 10.1. The normalized spacial score (nSPS) is 13.1. The molecule has 0 rings (SSSR count). The van der Waals surface area contributed by atoms with Gasteiger partial charge in [0.15, 0.2) is 5.60 Å². The molecule has 0 radical (unpaired) electrons. The molecule has 0 heterocycles. The zero-order valence-corrected chi connectivity index (χ0v) is 12.2. The Bertz CT molecular complexity index is 283. The van der Waals surface area contributed by atoms with Crippen molar-refractivity contribution in [2.24, 2.45) is 0 Å². The van der Waals surface area contributed by atoms with Gasteiger partial charge in [-0.25, -0.2) is 4.79 Å². The average Bonchev–Trinajstić information content (AvgIpc) is 2.01. The minimum absolute atomic E-state index is 0. The Morgan fingerprint density at radius 1 is 1.25 bits per heavy atom. The van der Waals surface area contributed by atoms with Crippen LogP contribution in [0.5, 0.6) is 0 Å². The van der Waals surface area contributed by atoms with E-state index in [2.05, 4.69) is 4.74 Å². The molecular formula is C8H13KO7. The van der Waals surface area contributed by atoms with E-state index in [9.17, 15) is 19.5 Å². The van der Waals surface area contributed by atoms with Gasteiger partial charge in [0.1, 0.15) is 0 Å². The van der Waals surface area contributed by atoms with E-state index in [1.165, 1.54) is 6.92 Å². The molecule has 88 valence electrons. The molecule has 0 aliphatic heterocycles. The van der Waals surface area contributed by atoms with Crippen LogP contribution >= 0.6 is 0 Å². The molecule has 0 aliphatic rings. The summed E-state index contributed by atoms with van der Waals surface area (Å²) in [6, 6.07) is 0. The van der Waals surface area contributed by atoms with Crippen LogP contribution in [0.15, 0.2) is 0 Å². The third kappa shape index (κ3) is 6.56. The van der Waals surface area contributed by atoms with E-state index in [1.54, 1.807) is 0 Å². The average molecular weight is 260 g/mol. The fourth-order valence-corrected chi connectivity index (χ4v) is 0.915. The van der Waals surface area contributed by atoms with Gasteiger partial charge in [0.25, 0.3) is 0 Å². The summed E-state index contributed by atoms with van der Waals surface area (Å²) in [6.07, 6.45) is -1.94. The summed E-state index contributed by atoms with van der Waals surface area (Å²) in [5, 5.41) is 26.3. The molecule has 0 spiro atoms. The number of aliphatic carboxylic acids is 2. The summed E-state index contributed by atoms with van der Waals surface area (Å²) in [4.78, 5) is 31.8. The van der Waals surface area contributed by atoms with Crippen LogP contribution in [0.4, 0.5) is 0 Å². The van der Waals surface area contributed by atoms with Crippen LogP contribution in [0.3, 0.4) is 0 Å². The van der Waals surface area contributed by atoms with Gasteiger partial charge in [0.05, 0.1) is 19.4 Å². The smallest absolute Gasteiger partial charge is 1.00 e. The Morgan fingerprint density at radius 2 is 1.75 bits per heavy atom. The maximum Gasteiger partial charge on any atom is 1.00 e. The number of rotatable bonds is 6. The van der Waals surface area contributed by atoms with Crippen LogP contribution in [-0.2, 0) is 19.1 Å². The molecule has 1 atom stereocenters. The van der Waals surface area contributed by atoms with Gasteiger partial charge in [0, 0.05) is 0 Å². The van der Waals surface area contributed by atoms with E-state index in [4.69, 9.17) is 10.2 Å². The monoisotopic (exact) mass is 260 g/mol. The van der Waals surface area contributed by atoms with Crippen molar-refractivity contribution in [2.45, 2.75) is 25.4 Å². The van der Waals surface area contributed by atoms with E-state index in [1.807, 2.05) is 0 Å². The van der Waals surface area contributed by atoms with Crippen molar-refractivity contribution in [1.82, 2.24) is 0 Å². The summed E-state index contributed by atoms with van der Waals surface area (Å²) in [6.45, 7) is 1.54. The van der Waals surface area contributed by atoms with Crippen molar-refractivity contribution in [3.8, 4) is 0 Å². The third-order valence-electron chi connectivity index (χ3n) is 1.58. The third-order valence-corrected chi connectivity index (χ3v) is 1.58. The molecule has 0 bridgehead atoms. The predicted octanol–water partition coefficient (Wildman–Crippen LogP) is -3.65. The Hall–Kier alpha value is 0.00636. The summed E-state index contributed by atoms with van der Waals surface area (Å²) in [7, 11) is 0. The minimum Gasteiger partial charge on any atom is -1.00 e. The quantitative estimate of drug-likeness (QED) is 0.332. The van der Waals surface area contributed by atoms with Crippen molar-refractivity contribution in [2.75, 3.05) is 6.61 Å². The minimum atomic E-state index is -2.61. The van der Waals surface area contributed by atoms with Gasteiger partial charge in [-0.1, -0.05) is 0 Å². The standard InChI is InChI=1S/C8H12O7.K.H/c1-2-15-6(11)4-8(14,7(12)13)3-5(9)10;;/h14H,2-4H2,1H3,(H,9,10)(H,12,13);;/q;+1;-1. The molecule has 0 saturated heterocycles. The van der Waals surface area contributed by atoms with Crippen LogP contribution in [-0.4, -0.2) is 45.4 Å². The first-order chi connectivity index (χ1) is 6.81. The number of carboxylic acids is 2. The summed E-state index contributed by atoms with van der Waals surface area (Å²) in [5.74, 6) is -4.23. The van der Waals surface area contributed by atoms with Crippen LogP contribution < -0.4 is 51.4 Å². The second-order valence-electron chi connectivity index (χ2n) is 2.89. The van der Waals surface area contributed by atoms with Gasteiger partial charge >= 0.3 is 69.3 Å². The summed E-state index contributed by atoms with van der Waals surface area (Å²) < 4.78 is 4.41. The Kier molecular flexibility index (Phi) is 9.36. The van der Waals surface area contributed by atoms with E-state index >= 15 is 0 Å². The second-order valence-corrected chi connectivity index (χ2v) is 2.89. The number of hydrogen-bond acceptors (Lipinski definition) is 5. The fraction of sp³-hybridized carbons (Fsp3) is 0.625. The molecule has 0 aromatic heterocycles. The van der Waals surface area contributed by atoms with E-state index in [0.29, 0.717) is 0 Å². The number of ether oxygens (including phenoxy) is 1. The van der Waals surface area contributed by atoms with Crippen molar-refractivity contribution in [1.29, 1.82) is 0 Å². The molecule has 3 N–H and O–H groups in total. The summed E-state index contributed by atoms with van der Waals surface area (Å²) >= 11 is 0. The number of hydrogen-bond donors (Lipinski definition) is 3. The van der Waals surface area contributed by atoms with Crippen molar-refractivity contribution in [3.63, 3.8) is 0 Å². The maximum absolute atomic E-state index is 10.9. The van der Waals surface area contributed by atoms with Gasteiger partial charge in [-0.2, -0.15) is 0 Å². The van der Waals surface area contributed by atoms with E-state index in [-0.39, 0.29) is 59.4 Å². The number of aliphatic hydroxyl groups is 1. The van der Waals surface area contributed by atoms with Gasteiger partial charge in [-0.3, -0.25) is 9.59 Å². The molecular weight excluding hydrogens is 247 g/mol. The van der Waals surface area contributed by atoms with Crippen LogP contribution in [0.2, 0.25) is 0 Å². The topological polar surface area (TPSA) is 121 Å². The van der Waals surface area contributed by atoms with Gasteiger partial charge < -0.3 is 21.5 Å². The van der Waals surface area contributed by atoms with E-state index < -0.39 is 36.4 Å². The first kappa shape index (κ1) is 18.4. The van der Waals surface area contributed by atoms with Crippen LogP contribution in [0, 0.1) is 0 Å². The Balaban J connectivity index is -0.000000980. The Labute approximate surface area is 136 Å². The van der Waals surface area contributed by atoms with Gasteiger partial charge in [-0.05, 0) is 6.92 Å². The van der Waals surface area contributed by atoms with Crippen LogP contribution in [0.1, 0.15) is 21.2 Å². The number of carbonyl (C=O) groups is 3. The van der Waals surface area contributed by atoms with Crippen molar-refractivity contribution < 1.29 is 87.3 Å². The van der Waals surface area contributed by atoms with Gasteiger partial charge in [-0.15, -0.1) is 0 Å². The zero-order chi connectivity index (χ0) is 12.1. The second kappa shape index (κ2) is 8.15. The largest absolute Gasteiger partial charge is 1.00 e. The molecule has 1 unspecified atom stereocenters. The maximum atomic E-state index is 10.9. The first-order valence-electron chi connectivity index (χ1n) is 4.15. The summed E-state index contributed by atoms with van der Waals surface area (Å²) in [5.41, 5.74) is -2.61. The number of esters is 1. The molecule has 0 fully saturated rings. The SMILES string of the molecule is CCOC(=O)CC(O)(CC(=O)O)C(=O)O.[H-].[K+]. The molecule has 8 heteroatoms. The molecule has 0 aliphatic carbocycles. The molecule has 0 saturated carbocycles. The van der Waals surface area contributed by atoms with Gasteiger partial charge in [0.2, 0.25) is 0 Å².